The van der Waals surface area contributed by atoms with Crippen LogP contribution >= 0.6 is 0 Å². The Hall–Kier alpha value is -2.24. The zero-order valence-corrected chi connectivity index (χ0v) is 12.1. The van der Waals surface area contributed by atoms with Crippen molar-refractivity contribution < 1.29 is 14.3 Å². The van der Waals surface area contributed by atoms with E-state index in [9.17, 15) is 9.59 Å². The average Bonchev–Trinajstić information content (AvgIpc) is 2.38. The molecule has 0 radical (unpaired) electrons. The van der Waals surface area contributed by atoms with Crippen LogP contribution in [0.1, 0.15) is 23.7 Å². The second kappa shape index (κ2) is 7.37. The van der Waals surface area contributed by atoms with Crippen LogP contribution in [0.15, 0.2) is 18.2 Å². The van der Waals surface area contributed by atoms with Gasteiger partial charge in [0.25, 0.3) is 0 Å². The maximum atomic E-state index is 12.0. The minimum atomic E-state index is -0.481. The van der Waals surface area contributed by atoms with Gasteiger partial charge in [-0.05, 0) is 25.1 Å². The Morgan fingerprint density at radius 3 is 2.65 bits per heavy atom. The minimum Gasteiger partial charge on any atom is -0.461 e. The molecular formula is C14H21N3O3. The quantitative estimate of drug-likeness (QED) is 0.600. The van der Waals surface area contributed by atoms with Gasteiger partial charge in [-0.25, -0.2) is 4.79 Å². The Morgan fingerprint density at radius 1 is 1.35 bits per heavy atom. The number of carbonyl (C=O) groups excluding carboxylic acids is 2. The predicted octanol–water partition coefficient (Wildman–Crippen LogP) is 1.02. The zero-order chi connectivity index (χ0) is 15.1. The number of nitrogen functional groups attached to an aromatic ring is 1. The summed E-state index contributed by atoms with van der Waals surface area (Å²) in [6.45, 7) is 2.44. The van der Waals surface area contributed by atoms with E-state index in [-0.39, 0.29) is 18.9 Å². The van der Waals surface area contributed by atoms with E-state index >= 15 is 0 Å². The summed E-state index contributed by atoms with van der Waals surface area (Å²) >= 11 is 0. The number of ether oxygens (including phenoxy) is 1. The van der Waals surface area contributed by atoms with Gasteiger partial charge in [0.05, 0.1) is 17.7 Å². The number of rotatable bonds is 6. The molecule has 1 amide bonds. The number of anilines is 2. The molecule has 0 unspecified atom stereocenters. The van der Waals surface area contributed by atoms with Gasteiger partial charge >= 0.3 is 5.97 Å². The lowest BCUT2D eigenvalue weighted by atomic mass is 10.1. The van der Waals surface area contributed by atoms with E-state index in [1.54, 1.807) is 23.1 Å². The standard InChI is InChI=1S/C14H21N3O3/c1-4-16-13(18)7-8-20-14(19)11-9-10(15)5-6-12(11)17(2)3/h5-6,9H,4,7-8,15H2,1-3H3,(H,16,18). The lowest BCUT2D eigenvalue weighted by molar-refractivity contribution is -0.121. The average molecular weight is 279 g/mol. The highest BCUT2D eigenvalue weighted by Gasteiger charge is 2.15. The topological polar surface area (TPSA) is 84.7 Å². The van der Waals surface area contributed by atoms with Crippen molar-refractivity contribution in [1.82, 2.24) is 5.32 Å². The fourth-order valence-electron chi connectivity index (χ4n) is 1.71. The molecule has 0 aromatic heterocycles. The molecule has 1 aromatic carbocycles. The molecule has 0 spiro atoms. The van der Waals surface area contributed by atoms with E-state index in [1.807, 2.05) is 21.0 Å². The van der Waals surface area contributed by atoms with Crippen molar-refractivity contribution in [2.75, 3.05) is 37.9 Å². The number of nitrogens with zero attached hydrogens (tertiary/aromatic N) is 1. The van der Waals surface area contributed by atoms with Crippen LogP contribution in [0.2, 0.25) is 0 Å². The van der Waals surface area contributed by atoms with Gasteiger partial charge in [0, 0.05) is 26.3 Å². The summed E-state index contributed by atoms with van der Waals surface area (Å²) in [5.41, 5.74) is 7.30. The van der Waals surface area contributed by atoms with Crippen molar-refractivity contribution in [3.8, 4) is 0 Å². The molecule has 20 heavy (non-hydrogen) atoms. The molecule has 110 valence electrons. The van der Waals surface area contributed by atoms with E-state index in [1.165, 1.54) is 0 Å². The first-order valence-corrected chi connectivity index (χ1v) is 6.46. The summed E-state index contributed by atoms with van der Waals surface area (Å²) in [4.78, 5) is 25.1. The van der Waals surface area contributed by atoms with Gasteiger partial charge in [0.1, 0.15) is 6.61 Å². The second-order valence-corrected chi connectivity index (χ2v) is 4.51. The smallest absolute Gasteiger partial charge is 0.340 e. The van der Waals surface area contributed by atoms with Gasteiger partial charge in [-0.15, -0.1) is 0 Å². The molecule has 0 fully saturated rings. The Bertz CT molecular complexity index is 487. The highest BCUT2D eigenvalue weighted by molar-refractivity contribution is 5.97. The molecule has 0 saturated carbocycles. The summed E-state index contributed by atoms with van der Waals surface area (Å²) < 4.78 is 5.11. The monoisotopic (exact) mass is 279 g/mol. The van der Waals surface area contributed by atoms with Gasteiger partial charge in [-0.3, -0.25) is 4.79 Å². The van der Waals surface area contributed by atoms with E-state index < -0.39 is 5.97 Å². The highest BCUT2D eigenvalue weighted by atomic mass is 16.5. The number of esters is 1. The first kappa shape index (κ1) is 15.8. The van der Waals surface area contributed by atoms with Gasteiger partial charge in [0.2, 0.25) is 5.91 Å². The predicted molar refractivity (Wildman–Crippen MR) is 78.8 cm³/mol. The molecule has 6 heteroatoms. The normalized spacial score (nSPS) is 9.95. The number of nitrogens with two attached hydrogens (primary N) is 1. The summed E-state index contributed by atoms with van der Waals surface area (Å²) in [7, 11) is 3.66. The lowest BCUT2D eigenvalue weighted by Gasteiger charge is -2.17. The summed E-state index contributed by atoms with van der Waals surface area (Å²) in [6, 6.07) is 5.06. The SMILES string of the molecule is CCNC(=O)CCOC(=O)c1cc(N)ccc1N(C)C. The van der Waals surface area contributed by atoms with Crippen molar-refractivity contribution in [2.24, 2.45) is 0 Å². The van der Waals surface area contributed by atoms with Crippen molar-refractivity contribution in [1.29, 1.82) is 0 Å². The zero-order valence-electron chi connectivity index (χ0n) is 12.1. The maximum Gasteiger partial charge on any atom is 0.340 e. The van der Waals surface area contributed by atoms with Crippen LogP contribution in [0.25, 0.3) is 0 Å². The molecule has 0 aliphatic heterocycles. The molecular weight excluding hydrogens is 258 g/mol. The van der Waals surface area contributed by atoms with Crippen LogP contribution in [0, 0.1) is 0 Å². The lowest BCUT2D eigenvalue weighted by Crippen LogP contribution is -2.24. The third-order valence-corrected chi connectivity index (χ3v) is 2.66. The van der Waals surface area contributed by atoms with Crippen LogP contribution < -0.4 is 16.0 Å². The maximum absolute atomic E-state index is 12.0. The number of nitrogens with one attached hydrogen (secondary N) is 1. The molecule has 0 saturated heterocycles. The summed E-state index contributed by atoms with van der Waals surface area (Å²) in [5, 5.41) is 2.64. The van der Waals surface area contributed by atoms with Gasteiger partial charge in [0.15, 0.2) is 0 Å². The van der Waals surface area contributed by atoms with Crippen LogP contribution in [0.4, 0.5) is 11.4 Å². The molecule has 0 atom stereocenters. The number of hydrogen-bond donors (Lipinski definition) is 2. The van der Waals surface area contributed by atoms with Gasteiger partial charge in [-0.1, -0.05) is 0 Å². The van der Waals surface area contributed by atoms with Gasteiger partial charge < -0.3 is 20.7 Å². The molecule has 0 bridgehead atoms. The fraction of sp³-hybridized carbons (Fsp3) is 0.429. The molecule has 6 nitrogen and oxygen atoms in total. The first-order chi connectivity index (χ1) is 9.45. The van der Waals surface area contributed by atoms with E-state index in [4.69, 9.17) is 10.5 Å². The molecule has 1 aromatic rings. The van der Waals surface area contributed by atoms with Crippen molar-refractivity contribution in [3.63, 3.8) is 0 Å². The van der Waals surface area contributed by atoms with Crippen LogP contribution in [-0.4, -0.2) is 39.1 Å². The third kappa shape index (κ3) is 4.46. The summed E-state index contributed by atoms with van der Waals surface area (Å²) in [5.74, 6) is -0.619. The fourth-order valence-corrected chi connectivity index (χ4v) is 1.71. The molecule has 0 aliphatic carbocycles. The van der Waals surface area contributed by atoms with Crippen LogP contribution in [0.5, 0.6) is 0 Å². The Morgan fingerprint density at radius 2 is 2.05 bits per heavy atom. The van der Waals surface area contributed by atoms with Crippen LogP contribution in [-0.2, 0) is 9.53 Å². The number of amides is 1. The number of hydrogen-bond acceptors (Lipinski definition) is 5. The number of carbonyl (C=O) groups is 2. The van der Waals surface area contributed by atoms with Crippen LogP contribution in [0.3, 0.4) is 0 Å². The third-order valence-electron chi connectivity index (χ3n) is 2.66. The van der Waals surface area contributed by atoms with E-state index in [0.717, 1.165) is 5.69 Å². The van der Waals surface area contributed by atoms with Crippen molar-refractivity contribution in [3.05, 3.63) is 23.8 Å². The highest BCUT2D eigenvalue weighted by Crippen LogP contribution is 2.22. The Labute approximate surface area is 118 Å². The van der Waals surface area contributed by atoms with Gasteiger partial charge in [-0.2, -0.15) is 0 Å². The molecule has 3 N–H and O–H groups in total. The minimum absolute atomic E-state index is 0.0480. The Balaban J connectivity index is 2.67. The number of benzene rings is 1. The second-order valence-electron chi connectivity index (χ2n) is 4.51. The largest absolute Gasteiger partial charge is 0.461 e. The van der Waals surface area contributed by atoms with Crippen molar-refractivity contribution in [2.45, 2.75) is 13.3 Å². The molecule has 1 rings (SSSR count). The first-order valence-electron chi connectivity index (χ1n) is 6.46. The Kier molecular flexibility index (Phi) is 5.83. The summed E-state index contributed by atoms with van der Waals surface area (Å²) in [6.07, 6.45) is 0.152. The molecule has 0 heterocycles. The van der Waals surface area contributed by atoms with E-state index in [0.29, 0.717) is 17.8 Å². The van der Waals surface area contributed by atoms with Crippen molar-refractivity contribution >= 4 is 23.3 Å². The van der Waals surface area contributed by atoms with E-state index in [2.05, 4.69) is 5.32 Å². The molecule has 0 aliphatic rings.